The van der Waals surface area contributed by atoms with Crippen LogP contribution in [0, 0.1) is 0 Å². The second-order valence-electron chi connectivity index (χ2n) is 11.9. The zero-order valence-electron chi connectivity index (χ0n) is 26.0. The Morgan fingerprint density at radius 1 is 0.878 bits per heavy atom. The molecule has 41 heavy (non-hydrogen) atoms. The molecule has 1 aliphatic heterocycles. The largest absolute Gasteiger partial charge is 0.475 e. The van der Waals surface area contributed by atoms with Crippen molar-refractivity contribution < 1.29 is 18.8 Å². The van der Waals surface area contributed by atoms with Gasteiger partial charge in [0, 0.05) is 18.4 Å². The van der Waals surface area contributed by atoms with Gasteiger partial charge in [-0.1, -0.05) is 115 Å². The molecule has 2 unspecified atom stereocenters. The number of unbranched alkanes of at least 4 members (excludes halogenated alkanes) is 12. The second kappa shape index (κ2) is 19.0. The second-order valence-corrected chi connectivity index (χ2v) is 12.4. The predicted octanol–water partition coefficient (Wildman–Crippen LogP) is 9.28. The smallest absolute Gasteiger partial charge is 0.310 e. The first-order valence-electron chi connectivity index (χ1n) is 16.3. The summed E-state index contributed by atoms with van der Waals surface area (Å²) in [7, 11) is 2.20. The van der Waals surface area contributed by atoms with E-state index in [1.165, 1.54) is 82.4 Å². The van der Waals surface area contributed by atoms with E-state index in [0.717, 1.165) is 49.1 Å². The minimum absolute atomic E-state index is 0.0969. The molecule has 2 aromatic rings. The number of hydrogen-bond acceptors (Lipinski definition) is 6. The standard InChI is InChI=1S/C34H54N3O3S/c1-4-6-8-10-11-12-13-14-15-19-25-31(38)40-34(29-22-17-16-18-23-29)37(3)26-21-24-30(28-37)32-33(36-41-35-32)39-27-20-9-7-5-2/h16-18,22-24,34H,4-15,19-21,25-28H2,1-3H3/q+1. The molecule has 0 aliphatic carbocycles. The molecule has 2 atom stereocenters. The van der Waals surface area contributed by atoms with E-state index in [1.54, 1.807) is 0 Å². The maximum absolute atomic E-state index is 13.1. The molecular weight excluding hydrogens is 530 g/mol. The molecule has 1 aromatic heterocycles. The first-order chi connectivity index (χ1) is 20.1. The fourth-order valence-electron chi connectivity index (χ4n) is 5.72. The zero-order valence-corrected chi connectivity index (χ0v) is 26.8. The van der Waals surface area contributed by atoms with Crippen LogP contribution in [0.2, 0.25) is 0 Å². The summed E-state index contributed by atoms with van der Waals surface area (Å²) in [4.78, 5) is 13.1. The molecule has 228 valence electrons. The van der Waals surface area contributed by atoms with E-state index in [9.17, 15) is 4.79 Å². The van der Waals surface area contributed by atoms with Crippen molar-refractivity contribution in [2.24, 2.45) is 0 Å². The van der Waals surface area contributed by atoms with Crippen LogP contribution in [0.4, 0.5) is 0 Å². The van der Waals surface area contributed by atoms with Crippen LogP contribution < -0.4 is 4.74 Å². The maximum atomic E-state index is 13.1. The van der Waals surface area contributed by atoms with Crippen molar-refractivity contribution in [3.05, 3.63) is 47.7 Å². The Morgan fingerprint density at radius 2 is 1.51 bits per heavy atom. The summed E-state index contributed by atoms with van der Waals surface area (Å²) in [6.45, 7) is 6.74. The summed E-state index contributed by atoms with van der Waals surface area (Å²) >= 11 is 1.21. The van der Waals surface area contributed by atoms with E-state index < -0.39 is 0 Å². The van der Waals surface area contributed by atoms with Crippen molar-refractivity contribution in [3.63, 3.8) is 0 Å². The van der Waals surface area contributed by atoms with Gasteiger partial charge in [0.1, 0.15) is 12.2 Å². The van der Waals surface area contributed by atoms with Gasteiger partial charge in [0.05, 0.1) is 37.5 Å². The fourth-order valence-corrected chi connectivity index (χ4v) is 6.25. The lowest BCUT2D eigenvalue weighted by atomic mass is 10.0. The molecule has 1 aromatic carbocycles. The topological polar surface area (TPSA) is 61.3 Å². The van der Waals surface area contributed by atoms with Gasteiger partial charge in [-0.2, -0.15) is 4.37 Å². The highest BCUT2D eigenvalue weighted by atomic mass is 32.1. The number of carbonyl (C=O) groups excluding carboxylic acids is 1. The Bertz CT molecular complexity index is 1030. The molecule has 7 heteroatoms. The number of carbonyl (C=O) groups is 1. The quantitative estimate of drug-likeness (QED) is 0.0831. The lowest BCUT2D eigenvalue weighted by molar-refractivity contribution is -0.953. The Hall–Kier alpha value is -2.25. The third-order valence-corrected chi connectivity index (χ3v) is 8.70. The maximum Gasteiger partial charge on any atom is 0.310 e. The molecule has 0 saturated heterocycles. The molecule has 0 fully saturated rings. The molecule has 0 bridgehead atoms. The Morgan fingerprint density at radius 3 is 2.20 bits per heavy atom. The molecule has 2 heterocycles. The van der Waals surface area contributed by atoms with Crippen LogP contribution in [0.15, 0.2) is 36.4 Å². The van der Waals surface area contributed by atoms with E-state index >= 15 is 0 Å². The number of nitrogens with zero attached hydrogens (tertiary/aromatic N) is 3. The number of hydrogen-bond donors (Lipinski definition) is 0. The van der Waals surface area contributed by atoms with Gasteiger partial charge in [0.15, 0.2) is 0 Å². The minimum atomic E-state index is -0.361. The summed E-state index contributed by atoms with van der Waals surface area (Å²) in [5, 5.41) is 0. The summed E-state index contributed by atoms with van der Waals surface area (Å²) < 4.78 is 22.0. The normalized spacial score (nSPS) is 17.7. The third kappa shape index (κ3) is 11.5. The number of esters is 1. The Labute approximate surface area is 253 Å². The van der Waals surface area contributed by atoms with Crippen LogP contribution in [0.3, 0.4) is 0 Å². The average molecular weight is 585 g/mol. The van der Waals surface area contributed by atoms with Gasteiger partial charge in [0.2, 0.25) is 0 Å². The number of likely N-dealkylation sites (N-methyl/N-ethyl adjacent to an activating group) is 1. The van der Waals surface area contributed by atoms with E-state index in [1.807, 2.05) is 18.2 Å². The van der Waals surface area contributed by atoms with Crippen LogP contribution in [0.25, 0.3) is 5.57 Å². The van der Waals surface area contributed by atoms with Crippen molar-refractivity contribution in [1.82, 2.24) is 8.75 Å². The summed E-state index contributed by atoms with van der Waals surface area (Å²) in [5.74, 6) is 0.542. The van der Waals surface area contributed by atoms with Gasteiger partial charge in [-0.25, -0.2) is 0 Å². The van der Waals surface area contributed by atoms with Gasteiger partial charge in [-0.3, -0.25) is 9.28 Å². The first kappa shape index (κ1) is 33.3. The SMILES string of the molecule is CCCCCCCCCCCCC(=O)OC(c1ccccc1)[N+]1(C)CCC=C(c2nsnc2OCCCCCC)C1. The molecule has 3 rings (SSSR count). The van der Waals surface area contributed by atoms with Crippen LogP contribution in [0.1, 0.15) is 134 Å². The van der Waals surface area contributed by atoms with E-state index in [2.05, 4.69) is 47.9 Å². The number of benzene rings is 1. The lowest BCUT2D eigenvalue weighted by Crippen LogP contribution is -2.51. The highest BCUT2D eigenvalue weighted by Crippen LogP contribution is 2.37. The molecule has 0 saturated carbocycles. The average Bonchev–Trinajstić information content (AvgIpc) is 3.46. The highest BCUT2D eigenvalue weighted by Gasteiger charge is 2.40. The van der Waals surface area contributed by atoms with Crippen molar-refractivity contribution in [1.29, 1.82) is 0 Å². The third-order valence-electron chi connectivity index (χ3n) is 8.19. The van der Waals surface area contributed by atoms with Crippen LogP contribution >= 0.6 is 11.7 Å². The van der Waals surface area contributed by atoms with Gasteiger partial charge in [0.25, 0.3) is 12.1 Å². The molecule has 0 spiro atoms. The van der Waals surface area contributed by atoms with Gasteiger partial charge >= 0.3 is 5.97 Å². The molecule has 6 nitrogen and oxygen atoms in total. The van der Waals surface area contributed by atoms with E-state index in [0.29, 0.717) is 29.9 Å². The number of quaternary nitrogens is 1. The predicted molar refractivity (Wildman–Crippen MR) is 170 cm³/mol. The Balaban J connectivity index is 1.55. The van der Waals surface area contributed by atoms with Crippen LogP contribution in [0.5, 0.6) is 5.88 Å². The number of aromatic nitrogens is 2. The monoisotopic (exact) mass is 584 g/mol. The molecule has 0 N–H and O–H groups in total. The van der Waals surface area contributed by atoms with Crippen LogP contribution in [-0.4, -0.2) is 45.9 Å². The van der Waals surface area contributed by atoms with E-state index in [4.69, 9.17) is 9.47 Å². The summed E-state index contributed by atoms with van der Waals surface area (Å²) in [5.41, 5.74) is 3.01. The molecule has 0 amide bonds. The minimum Gasteiger partial charge on any atom is -0.475 e. The first-order valence-corrected chi connectivity index (χ1v) is 17.0. The lowest BCUT2D eigenvalue weighted by Gasteiger charge is -2.42. The van der Waals surface area contributed by atoms with Gasteiger partial charge in [-0.15, -0.1) is 4.37 Å². The zero-order chi connectivity index (χ0) is 29.2. The van der Waals surface area contributed by atoms with Crippen molar-refractivity contribution in [3.8, 4) is 5.88 Å². The number of rotatable bonds is 21. The van der Waals surface area contributed by atoms with Crippen molar-refractivity contribution >= 4 is 23.3 Å². The van der Waals surface area contributed by atoms with Crippen molar-refractivity contribution in [2.45, 2.75) is 123 Å². The van der Waals surface area contributed by atoms with E-state index in [-0.39, 0.29) is 12.2 Å². The molecular formula is C34H54N3O3S+. The highest BCUT2D eigenvalue weighted by molar-refractivity contribution is 6.99. The summed E-state index contributed by atoms with van der Waals surface area (Å²) in [6.07, 6.45) is 20.4. The van der Waals surface area contributed by atoms with Crippen molar-refractivity contribution in [2.75, 3.05) is 26.7 Å². The summed E-state index contributed by atoms with van der Waals surface area (Å²) in [6, 6.07) is 10.2. The number of ether oxygens (including phenoxy) is 2. The Kier molecular flexibility index (Phi) is 15.4. The molecule has 0 radical (unpaired) electrons. The van der Waals surface area contributed by atoms with Gasteiger partial charge in [-0.05, 0) is 25.0 Å². The van der Waals surface area contributed by atoms with Crippen LogP contribution in [-0.2, 0) is 9.53 Å². The van der Waals surface area contributed by atoms with Gasteiger partial charge < -0.3 is 9.47 Å². The fraction of sp³-hybridized carbons (Fsp3) is 0.676. The molecule has 1 aliphatic rings.